The molecule has 2 unspecified atom stereocenters. The van der Waals surface area contributed by atoms with Crippen molar-refractivity contribution in [1.82, 2.24) is 0 Å². The Morgan fingerprint density at radius 1 is 1.20 bits per heavy atom. The predicted molar refractivity (Wildman–Crippen MR) is 69.5 cm³/mol. The summed E-state index contributed by atoms with van der Waals surface area (Å²) >= 11 is 0. The molecule has 0 radical (unpaired) electrons. The van der Waals surface area contributed by atoms with E-state index in [9.17, 15) is 18.0 Å². The van der Waals surface area contributed by atoms with Crippen LogP contribution >= 0.6 is 0 Å². The molecule has 0 heterocycles. The molecule has 3 N–H and O–H groups in total. The van der Waals surface area contributed by atoms with Crippen molar-refractivity contribution >= 4 is 11.6 Å². The van der Waals surface area contributed by atoms with Gasteiger partial charge in [0.15, 0.2) is 17.5 Å². The molecule has 20 heavy (non-hydrogen) atoms. The Hall–Kier alpha value is -1.56. The van der Waals surface area contributed by atoms with Crippen LogP contribution in [0.15, 0.2) is 12.1 Å². The highest BCUT2D eigenvalue weighted by Gasteiger charge is 2.24. The van der Waals surface area contributed by atoms with Crippen molar-refractivity contribution in [3.8, 4) is 0 Å². The molecule has 0 aromatic heterocycles. The van der Waals surface area contributed by atoms with E-state index in [1.165, 1.54) is 0 Å². The van der Waals surface area contributed by atoms with E-state index in [1.54, 1.807) is 0 Å². The Morgan fingerprint density at radius 2 is 1.80 bits per heavy atom. The fourth-order valence-electron chi connectivity index (χ4n) is 2.57. The lowest BCUT2D eigenvalue weighted by Gasteiger charge is -2.27. The number of hydrogen-bond acceptors (Lipinski definition) is 2. The Bertz CT molecular complexity index is 484. The van der Waals surface area contributed by atoms with Crippen molar-refractivity contribution in [2.24, 2.45) is 11.7 Å². The first-order chi connectivity index (χ1) is 9.47. The molecule has 0 aliphatic heterocycles. The quantitative estimate of drug-likeness (QED) is 0.839. The second-order valence-corrected chi connectivity index (χ2v) is 5.21. The predicted octanol–water partition coefficient (Wildman–Crippen LogP) is 2.95. The number of anilines is 1. The van der Waals surface area contributed by atoms with Crippen LogP contribution < -0.4 is 11.1 Å². The third-order valence-electron chi connectivity index (χ3n) is 3.68. The average Bonchev–Trinajstić information content (AvgIpc) is 2.38. The molecule has 1 amide bonds. The first kappa shape index (κ1) is 14.8. The van der Waals surface area contributed by atoms with Crippen molar-refractivity contribution in [3.05, 3.63) is 29.6 Å². The van der Waals surface area contributed by atoms with E-state index < -0.39 is 17.5 Å². The van der Waals surface area contributed by atoms with Crippen LogP contribution in [-0.4, -0.2) is 11.9 Å². The van der Waals surface area contributed by atoms with Gasteiger partial charge in [-0.25, -0.2) is 13.2 Å². The van der Waals surface area contributed by atoms with Crippen molar-refractivity contribution in [2.45, 2.75) is 38.1 Å². The first-order valence-corrected chi connectivity index (χ1v) is 6.67. The zero-order valence-corrected chi connectivity index (χ0v) is 11.0. The average molecular weight is 286 g/mol. The Balaban J connectivity index is 1.97. The van der Waals surface area contributed by atoms with E-state index in [0.29, 0.717) is 0 Å². The maximum Gasteiger partial charge on any atom is 0.224 e. The fourth-order valence-corrected chi connectivity index (χ4v) is 2.57. The summed E-state index contributed by atoms with van der Waals surface area (Å²) in [5.41, 5.74) is 5.85. The standard InChI is InChI=1S/C14H17F3N2O/c15-10-6-9(7-11(16)14(10)17)19-13(20)5-8-3-1-2-4-12(8)18/h6-8,12H,1-5,18H2,(H,19,20). The van der Waals surface area contributed by atoms with Crippen LogP contribution in [0.3, 0.4) is 0 Å². The molecular weight excluding hydrogens is 269 g/mol. The summed E-state index contributed by atoms with van der Waals surface area (Å²) in [4.78, 5) is 11.8. The van der Waals surface area contributed by atoms with Gasteiger partial charge in [0, 0.05) is 30.3 Å². The fraction of sp³-hybridized carbons (Fsp3) is 0.500. The molecule has 0 bridgehead atoms. The summed E-state index contributed by atoms with van der Waals surface area (Å²) < 4.78 is 38.8. The summed E-state index contributed by atoms with van der Waals surface area (Å²) in [6, 6.07) is 1.50. The number of nitrogens with one attached hydrogen (secondary N) is 1. The number of hydrogen-bond donors (Lipinski definition) is 2. The van der Waals surface area contributed by atoms with E-state index in [2.05, 4.69) is 5.32 Å². The summed E-state index contributed by atoms with van der Waals surface area (Å²) in [6.45, 7) is 0. The van der Waals surface area contributed by atoms with Crippen LogP contribution in [0.5, 0.6) is 0 Å². The number of carbonyl (C=O) groups excluding carboxylic acids is 1. The van der Waals surface area contributed by atoms with Crippen LogP contribution in [0.2, 0.25) is 0 Å². The zero-order chi connectivity index (χ0) is 14.7. The topological polar surface area (TPSA) is 55.1 Å². The molecule has 1 saturated carbocycles. The number of halogens is 3. The number of carbonyl (C=O) groups is 1. The van der Waals surface area contributed by atoms with E-state index in [0.717, 1.165) is 37.8 Å². The van der Waals surface area contributed by atoms with Crippen LogP contribution in [-0.2, 0) is 4.79 Å². The van der Waals surface area contributed by atoms with Crippen molar-refractivity contribution < 1.29 is 18.0 Å². The molecule has 2 rings (SSSR count). The lowest BCUT2D eigenvalue weighted by Crippen LogP contribution is -2.35. The second-order valence-electron chi connectivity index (χ2n) is 5.21. The number of nitrogens with two attached hydrogens (primary N) is 1. The summed E-state index contributed by atoms with van der Waals surface area (Å²) in [6.07, 6.45) is 4.07. The lowest BCUT2D eigenvalue weighted by molar-refractivity contribution is -0.117. The van der Waals surface area contributed by atoms with Crippen molar-refractivity contribution in [3.63, 3.8) is 0 Å². The van der Waals surface area contributed by atoms with Crippen LogP contribution in [0.1, 0.15) is 32.1 Å². The molecule has 1 fully saturated rings. The summed E-state index contributed by atoms with van der Waals surface area (Å²) in [5, 5.41) is 2.38. The van der Waals surface area contributed by atoms with Gasteiger partial charge in [-0.05, 0) is 18.8 Å². The molecule has 1 aliphatic rings. The molecule has 1 aliphatic carbocycles. The number of benzene rings is 1. The second kappa shape index (κ2) is 6.26. The van der Waals surface area contributed by atoms with E-state index in [1.807, 2.05) is 0 Å². The first-order valence-electron chi connectivity index (χ1n) is 6.67. The van der Waals surface area contributed by atoms with Crippen molar-refractivity contribution in [1.29, 1.82) is 0 Å². The van der Waals surface area contributed by atoms with E-state index in [4.69, 9.17) is 5.73 Å². The smallest absolute Gasteiger partial charge is 0.224 e. The number of amides is 1. The molecule has 3 nitrogen and oxygen atoms in total. The summed E-state index contributed by atoms with van der Waals surface area (Å²) in [5.74, 6) is -4.47. The zero-order valence-electron chi connectivity index (χ0n) is 11.0. The van der Waals surface area contributed by atoms with Crippen LogP contribution in [0, 0.1) is 23.4 Å². The van der Waals surface area contributed by atoms with Gasteiger partial charge in [-0.2, -0.15) is 0 Å². The maximum atomic E-state index is 13.0. The van der Waals surface area contributed by atoms with Crippen molar-refractivity contribution in [2.75, 3.05) is 5.32 Å². The van der Waals surface area contributed by atoms with Gasteiger partial charge < -0.3 is 11.1 Å². The molecule has 110 valence electrons. The van der Waals surface area contributed by atoms with Gasteiger partial charge >= 0.3 is 0 Å². The molecular formula is C14H17F3N2O. The molecule has 2 atom stereocenters. The van der Waals surface area contributed by atoms with Gasteiger partial charge in [-0.15, -0.1) is 0 Å². The minimum atomic E-state index is -1.54. The Kier molecular flexibility index (Phi) is 4.65. The van der Waals surface area contributed by atoms with Crippen LogP contribution in [0.4, 0.5) is 18.9 Å². The lowest BCUT2D eigenvalue weighted by atomic mass is 9.83. The van der Waals surface area contributed by atoms with Gasteiger partial charge in [0.2, 0.25) is 5.91 Å². The molecule has 1 aromatic rings. The van der Waals surface area contributed by atoms with Gasteiger partial charge in [0.25, 0.3) is 0 Å². The molecule has 0 saturated heterocycles. The van der Waals surface area contributed by atoms with Gasteiger partial charge in [-0.3, -0.25) is 4.79 Å². The highest BCUT2D eigenvalue weighted by atomic mass is 19.2. The highest BCUT2D eigenvalue weighted by Crippen LogP contribution is 2.26. The minimum Gasteiger partial charge on any atom is -0.327 e. The maximum absolute atomic E-state index is 13.0. The third kappa shape index (κ3) is 3.50. The molecule has 0 spiro atoms. The van der Waals surface area contributed by atoms with Crippen LogP contribution in [0.25, 0.3) is 0 Å². The normalized spacial score (nSPS) is 22.6. The Morgan fingerprint density at radius 3 is 2.40 bits per heavy atom. The Labute approximate surface area is 115 Å². The third-order valence-corrected chi connectivity index (χ3v) is 3.68. The van der Waals surface area contributed by atoms with Gasteiger partial charge in [-0.1, -0.05) is 12.8 Å². The van der Waals surface area contributed by atoms with Gasteiger partial charge in [0.1, 0.15) is 0 Å². The summed E-state index contributed by atoms with van der Waals surface area (Å²) in [7, 11) is 0. The van der Waals surface area contributed by atoms with E-state index in [-0.39, 0.29) is 30.0 Å². The number of rotatable bonds is 3. The highest BCUT2D eigenvalue weighted by molar-refractivity contribution is 5.90. The largest absolute Gasteiger partial charge is 0.327 e. The van der Waals surface area contributed by atoms with E-state index >= 15 is 0 Å². The monoisotopic (exact) mass is 286 g/mol. The molecule has 1 aromatic carbocycles. The van der Waals surface area contributed by atoms with Gasteiger partial charge in [0.05, 0.1) is 0 Å². The SMILES string of the molecule is NC1CCCCC1CC(=O)Nc1cc(F)c(F)c(F)c1. The minimum absolute atomic E-state index is 0.0174. The molecule has 6 heteroatoms.